The van der Waals surface area contributed by atoms with Crippen LogP contribution in [0.5, 0.6) is 0 Å². The van der Waals surface area contributed by atoms with Gasteiger partial charge in [0.1, 0.15) is 16.9 Å². The number of nitrogens with zero attached hydrogens (tertiary/aromatic N) is 2. The number of rotatable bonds is 3. The maximum atomic E-state index is 12.0. The lowest BCUT2D eigenvalue weighted by Gasteiger charge is -2.20. The van der Waals surface area contributed by atoms with Crippen LogP contribution >= 0.6 is 0 Å². The van der Waals surface area contributed by atoms with Gasteiger partial charge in [0.2, 0.25) is 0 Å². The summed E-state index contributed by atoms with van der Waals surface area (Å²) in [6.07, 6.45) is 1.60. The van der Waals surface area contributed by atoms with Gasteiger partial charge in [-0.25, -0.2) is 9.78 Å². The van der Waals surface area contributed by atoms with E-state index in [-0.39, 0.29) is 5.69 Å². The molecule has 0 saturated carbocycles. The molecule has 0 saturated heterocycles. The molecule has 0 bridgehead atoms. The van der Waals surface area contributed by atoms with E-state index in [0.717, 1.165) is 5.69 Å². The van der Waals surface area contributed by atoms with Crippen molar-refractivity contribution in [2.45, 2.75) is 26.3 Å². The van der Waals surface area contributed by atoms with Crippen LogP contribution in [0.25, 0.3) is 5.65 Å². The fraction of sp³-hybridized carbons (Fsp3) is 0.308. The monoisotopic (exact) mass is 261 g/mol. The smallest absolute Gasteiger partial charge is 0.328 e. The lowest BCUT2D eigenvalue weighted by molar-refractivity contribution is -0.143. The largest absolute Gasteiger partial charge is 0.480 e. The third-order valence-corrected chi connectivity index (χ3v) is 2.89. The Bertz CT molecular complexity index is 658. The number of aryl methyl sites for hydroxylation is 1. The minimum absolute atomic E-state index is 0.198. The number of carboxylic acid groups (broad SMARTS) is 1. The van der Waals surface area contributed by atoms with Gasteiger partial charge < -0.3 is 14.8 Å². The van der Waals surface area contributed by atoms with E-state index in [4.69, 9.17) is 5.11 Å². The van der Waals surface area contributed by atoms with Gasteiger partial charge in [-0.2, -0.15) is 0 Å². The lowest BCUT2D eigenvalue weighted by Crippen LogP contribution is -2.49. The molecule has 2 N–H and O–H groups in total. The third-order valence-electron chi connectivity index (χ3n) is 2.89. The van der Waals surface area contributed by atoms with Crippen LogP contribution in [0.3, 0.4) is 0 Å². The van der Waals surface area contributed by atoms with Gasteiger partial charge in [0.15, 0.2) is 0 Å². The van der Waals surface area contributed by atoms with Crippen LogP contribution < -0.4 is 5.32 Å². The van der Waals surface area contributed by atoms with Crippen molar-refractivity contribution in [3.63, 3.8) is 0 Å². The Labute approximate surface area is 110 Å². The Kier molecular flexibility index (Phi) is 3.01. The van der Waals surface area contributed by atoms with Crippen LogP contribution in [0.15, 0.2) is 24.4 Å². The van der Waals surface area contributed by atoms with Crippen molar-refractivity contribution < 1.29 is 14.7 Å². The molecule has 6 nitrogen and oxygen atoms in total. The van der Waals surface area contributed by atoms with E-state index in [1.165, 1.54) is 13.8 Å². The molecule has 0 aliphatic rings. The van der Waals surface area contributed by atoms with E-state index in [0.29, 0.717) is 5.65 Å². The van der Waals surface area contributed by atoms with Crippen LogP contribution in [0.1, 0.15) is 30.0 Å². The number of carbonyl (C=O) groups is 2. The van der Waals surface area contributed by atoms with Gasteiger partial charge in [-0.15, -0.1) is 0 Å². The second kappa shape index (κ2) is 4.38. The van der Waals surface area contributed by atoms with Crippen molar-refractivity contribution in [1.29, 1.82) is 0 Å². The van der Waals surface area contributed by atoms with Crippen molar-refractivity contribution in [3.05, 3.63) is 35.8 Å². The van der Waals surface area contributed by atoms with Gasteiger partial charge in [0.25, 0.3) is 5.91 Å². The van der Waals surface area contributed by atoms with Gasteiger partial charge >= 0.3 is 5.97 Å². The summed E-state index contributed by atoms with van der Waals surface area (Å²) >= 11 is 0. The molecule has 0 aromatic carbocycles. The average molecular weight is 261 g/mol. The molecular formula is C13H15N3O3. The number of aliphatic carboxylic acids is 1. The van der Waals surface area contributed by atoms with Crippen LogP contribution in [-0.2, 0) is 4.79 Å². The lowest BCUT2D eigenvalue weighted by atomic mass is 10.1. The quantitative estimate of drug-likeness (QED) is 0.870. The number of hydrogen-bond donors (Lipinski definition) is 2. The van der Waals surface area contributed by atoms with Gasteiger partial charge in [-0.1, -0.05) is 6.07 Å². The SMILES string of the molecule is Cc1cccc2nc(C(=O)NC(C)(C)C(=O)O)cn12. The fourth-order valence-corrected chi connectivity index (χ4v) is 1.66. The number of pyridine rings is 1. The second-order valence-corrected chi connectivity index (χ2v) is 4.91. The first-order chi connectivity index (χ1) is 8.81. The topological polar surface area (TPSA) is 83.7 Å². The zero-order valence-corrected chi connectivity index (χ0v) is 11.0. The number of nitrogens with one attached hydrogen (secondary N) is 1. The van der Waals surface area contributed by atoms with Gasteiger partial charge in [0, 0.05) is 11.9 Å². The Morgan fingerprint density at radius 3 is 2.63 bits per heavy atom. The number of imidazole rings is 1. The average Bonchev–Trinajstić information content (AvgIpc) is 2.73. The summed E-state index contributed by atoms with van der Waals surface area (Å²) in [7, 11) is 0. The Balaban J connectivity index is 2.32. The van der Waals surface area contributed by atoms with E-state index >= 15 is 0 Å². The fourth-order valence-electron chi connectivity index (χ4n) is 1.66. The highest BCUT2D eigenvalue weighted by atomic mass is 16.4. The highest BCUT2D eigenvalue weighted by Crippen LogP contribution is 2.10. The summed E-state index contributed by atoms with van der Waals surface area (Å²) in [6, 6.07) is 5.53. The molecule has 100 valence electrons. The Morgan fingerprint density at radius 1 is 1.37 bits per heavy atom. The van der Waals surface area contributed by atoms with Crippen molar-refractivity contribution in [2.24, 2.45) is 0 Å². The highest BCUT2D eigenvalue weighted by Gasteiger charge is 2.30. The summed E-state index contributed by atoms with van der Waals surface area (Å²) < 4.78 is 1.78. The molecule has 19 heavy (non-hydrogen) atoms. The number of amides is 1. The van der Waals surface area contributed by atoms with Crippen molar-refractivity contribution >= 4 is 17.5 Å². The minimum atomic E-state index is -1.33. The molecule has 0 aliphatic carbocycles. The second-order valence-electron chi connectivity index (χ2n) is 4.91. The standard InChI is InChI=1S/C13H15N3O3/c1-8-5-4-6-10-14-9(7-16(8)10)11(17)15-13(2,3)12(18)19/h4-7H,1-3H3,(H,15,17)(H,18,19). The molecule has 2 rings (SSSR count). The first-order valence-electron chi connectivity index (χ1n) is 5.82. The summed E-state index contributed by atoms with van der Waals surface area (Å²) in [5.41, 5.74) is 0.463. The molecule has 1 amide bonds. The molecule has 2 aromatic heterocycles. The predicted octanol–water partition coefficient (Wildman–Crippen LogP) is 1.24. The van der Waals surface area contributed by atoms with Crippen LogP contribution in [-0.4, -0.2) is 31.9 Å². The number of aromatic nitrogens is 2. The molecule has 0 fully saturated rings. The van der Waals surface area contributed by atoms with Gasteiger partial charge in [0.05, 0.1) is 0 Å². The minimum Gasteiger partial charge on any atom is -0.480 e. The summed E-state index contributed by atoms with van der Waals surface area (Å²) in [5, 5.41) is 11.4. The van der Waals surface area contributed by atoms with Crippen molar-refractivity contribution in [2.75, 3.05) is 0 Å². The van der Waals surface area contributed by atoms with E-state index in [2.05, 4.69) is 10.3 Å². The predicted molar refractivity (Wildman–Crippen MR) is 69.1 cm³/mol. The first-order valence-corrected chi connectivity index (χ1v) is 5.82. The van der Waals surface area contributed by atoms with Crippen LogP contribution in [0.2, 0.25) is 0 Å². The molecule has 0 spiro atoms. The maximum absolute atomic E-state index is 12.0. The number of hydrogen-bond acceptors (Lipinski definition) is 3. The maximum Gasteiger partial charge on any atom is 0.328 e. The summed E-state index contributed by atoms with van der Waals surface area (Å²) in [4.78, 5) is 27.1. The molecule has 0 atom stereocenters. The van der Waals surface area contributed by atoms with Crippen molar-refractivity contribution in [3.8, 4) is 0 Å². The van der Waals surface area contributed by atoms with E-state index < -0.39 is 17.4 Å². The van der Waals surface area contributed by atoms with E-state index in [1.807, 2.05) is 19.1 Å². The highest BCUT2D eigenvalue weighted by molar-refractivity contribution is 5.96. The molecule has 2 aromatic rings. The molecular weight excluding hydrogens is 246 g/mol. The Hall–Kier alpha value is -2.37. The summed E-state index contributed by atoms with van der Waals surface area (Å²) in [5.74, 6) is -1.60. The molecule has 0 radical (unpaired) electrons. The van der Waals surface area contributed by atoms with Gasteiger partial charge in [-0.05, 0) is 32.9 Å². The molecule has 6 heteroatoms. The molecule has 0 aliphatic heterocycles. The normalized spacial score (nSPS) is 11.5. The Morgan fingerprint density at radius 2 is 2.05 bits per heavy atom. The van der Waals surface area contributed by atoms with Gasteiger partial charge in [-0.3, -0.25) is 4.79 Å². The third kappa shape index (κ3) is 2.42. The van der Waals surface area contributed by atoms with E-state index in [1.54, 1.807) is 16.7 Å². The van der Waals surface area contributed by atoms with Crippen LogP contribution in [0.4, 0.5) is 0 Å². The zero-order chi connectivity index (χ0) is 14.2. The van der Waals surface area contributed by atoms with E-state index in [9.17, 15) is 9.59 Å². The zero-order valence-electron chi connectivity index (χ0n) is 11.0. The number of fused-ring (bicyclic) bond motifs is 1. The molecule has 0 unspecified atom stereocenters. The number of carbonyl (C=O) groups excluding carboxylic acids is 1. The van der Waals surface area contributed by atoms with Crippen molar-refractivity contribution in [1.82, 2.24) is 14.7 Å². The number of carboxylic acids is 1. The first kappa shape index (κ1) is 13.1. The summed E-state index contributed by atoms with van der Waals surface area (Å²) in [6.45, 7) is 4.75. The molecule has 2 heterocycles. The van der Waals surface area contributed by atoms with Crippen LogP contribution in [0, 0.1) is 6.92 Å².